The van der Waals surface area contributed by atoms with Gasteiger partial charge in [0.15, 0.2) is 0 Å². The maximum atomic E-state index is 12.2. The topological polar surface area (TPSA) is 66.8 Å². The molecule has 100 valence electrons. The van der Waals surface area contributed by atoms with E-state index in [4.69, 9.17) is 9.84 Å². The molecule has 5 nitrogen and oxygen atoms in total. The van der Waals surface area contributed by atoms with Gasteiger partial charge in [0.1, 0.15) is 12.4 Å². The lowest BCUT2D eigenvalue weighted by Gasteiger charge is -2.39. The SMILES string of the molecule is O=C(O)C1CN(C(=O)C2COc3ccccc3C2)C1. The molecule has 1 atom stereocenters. The standard InChI is InChI=1S/C14H15NO4/c16-13(15-6-11(7-15)14(17)18)10-5-9-3-1-2-4-12(9)19-8-10/h1-4,10-11H,5-8H2,(H,17,18). The highest BCUT2D eigenvalue weighted by Crippen LogP contribution is 2.29. The number of fused-ring (bicyclic) bond motifs is 1. The number of benzene rings is 1. The van der Waals surface area contributed by atoms with Crippen molar-refractivity contribution in [2.24, 2.45) is 11.8 Å². The maximum absolute atomic E-state index is 12.2. The van der Waals surface area contributed by atoms with Crippen LogP contribution < -0.4 is 4.74 Å². The number of carboxylic acid groups (broad SMARTS) is 1. The van der Waals surface area contributed by atoms with Gasteiger partial charge in [0, 0.05) is 13.1 Å². The molecule has 2 heterocycles. The summed E-state index contributed by atoms with van der Waals surface area (Å²) in [6.45, 7) is 1.03. The molecular weight excluding hydrogens is 246 g/mol. The lowest BCUT2D eigenvalue weighted by Crippen LogP contribution is -2.55. The van der Waals surface area contributed by atoms with Crippen LogP contribution >= 0.6 is 0 Å². The summed E-state index contributed by atoms with van der Waals surface area (Å²) in [5, 5.41) is 8.81. The van der Waals surface area contributed by atoms with Gasteiger partial charge in [-0.1, -0.05) is 18.2 Å². The first kappa shape index (κ1) is 12.0. The highest BCUT2D eigenvalue weighted by atomic mass is 16.5. The van der Waals surface area contributed by atoms with E-state index in [0.29, 0.717) is 26.1 Å². The molecular formula is C14H15NO4. The summed E-state index contributed by atoms with van der Waals surface area (Å²) in [5.74, 6) is -0.565. The van der Waals surface area contributed by atoms with Gasteiger partial charge in [-0.2, -0.15) is 0 Å². The number of carboxylic acids is 1. The summed E-state index contributed by atoms with van der Waals surface area (Å²) in [6.07, 6.45) is 0.670. The van der Waals surface area contributed by atoms with Gasteiger partial charge in [0.05, 0.1) is 11.8 Å². The van der Waals surface area contributed by atoms with Crippen molar-refractivity contribution in [3.05, 3.63) is 29.8 Å². The van der Waals surface area contributed by atoms with Gasteiger partial charge in [-0.25, -0.2) is 0 Å². The molecule has 0 spiro atoms. The van der Waals surface area contributed by atoms with Crippen molar-refractivity contribution >= 4 is 11.9 Å². The molecule has 3 rings (SSSR count). The molecule has 19 heavy (non-hydrogen) atoms. The number of nitrogens with zero attached hydrogens (tertiary/aromatic N) is 1. The third-order valence-electron chi connectivity index (χ3n) is 3.77. The van der Waals surface area contributed by atoms with Crippen molar-refractivity contribution in [1.82, 2.24) is 4.90 Å². The second kappa shape index (κ2) is 4.57. The molecule has 1 N–H and O–H groups in total. The second-order valence-electron chi connectivity index (χ2n) is 5.10. The van der Waals surface area contributed by atoms with E-state index < -0.39 is 11.9 Å². The number of carbonyl (C=O) groups excluding carboxylic acids is 1. The minimum absolute atomic E-state index is 0.00648. The molecule has 1 amide bonds. The van der Waals surface area contributed by atoms with Crippen LogP contribution in [0.3, 0.4) is 0 Å². The Bertz CT molecular complexity index is 522. The van der Waals surface area contributed by atoms with E-state index >= 15 is 0 Å². The Balaban J connectivity index is 1.63. The zero-order valence-electron chi connectivity index (χ0n) is 10.4. The van der Waals surface area contributed by atoms with Crippen molar-refractivity contribution < 1.29 is 19.4 Å². The van der Waals surface area contributed by atoms with Crippen molar-refractivity contribution in [2.45, 2.75) is 6.42 Å². The first-order valence-corrected chi connectivity index (χ1v) is 6.37. The van der Waals surface area contributed by atoms with Gasteiger partial charge in [0.2, 0.25) is 5.91 Å². The van der Waals surface area contributed by atoms with E-state index in [1.807, 2.05) is 24.3 Å². The van der Waals surface area contributed by atoms with Gasteiger partial charge >= 0.3 is 5.97 Å². The van der Waals surface area contributed by atoms with E-state index in [9.17, 15) is 9.59 Å². The number of rotatable bonds is 2. The number of hydrogen-bond donors (Lipinski definition) is 1. The third kappa shape index (κ3) is 2.16. The number of ether oxygens (including phenoxy) is 1. The normalized spacial score (nSPS) is 22.1. The van der Waals surface area contributed by atoms with Gasteiger partial charge < -0.3 is 14.7 Å². The third-order valence-corrected chi connectivity index (χ3v) is 3.77. The molecule has 1 saturated heterocycles. The highest BCUT2D eigenvalue weighted by Gasteiger charge is 2.39. The average Bonchev–Trinajstić information content (AvgIpc) is 2.35. The fraction of sp³-hybridized carbons (Fsp3) is 0.429. The van der Waals surface area contributed by atoms with E-state index in [1.165, 1.54) is 0 Å². The van der Waals surface area contributed by atoms with Crippen LogP contribution in [0.1, 0.15) is 5.56 Å². The lowest BCUT2D eigenvalue weighted by molar-refractivity contribution is -0.155. The molecule has 1 aromatic carbocycles. The van der Waals surface area contributed by atoms with Crippen molar-refractivity contribution in [3.63, 3.8) is 0 Å². The summed E-state index contributed by atoms with van der Waals surface area (Å²) < 4.78 is 5.59. The molecule has 0 saturated carbocycles. The molecule has 1 fully saturated rings. The first-order chi connectivity index (χ1) is 9.15. The van der Waals surface area contributed by atoms with Crippen LogP contribution in [0.2, 0.25) is 0 Å². The van der Waals surface area contributed by atoms with Gasteiger partial charge in [-0.3, -0.25) is 9.59 Å². The Morgan fingerprint density at radius 2 is 1.95 bits per heavy atom. The van der Waals surface area contributed by atoms with Crippen LogP contribution in [0.5, 0.6) is 5.75 Å². The summed E-state index contributed by atoms with van der Waals surface area (Å²) in [4.78, 5) is 24.6. The first-order valence-electron chi connectivity index (χ1n) is 6.37. The van der Waals surface area contributed by atoms with Crippen LogP contribution in [0.25, 0.3) is 0 Å². The zero-order chi connectivity index (χ0) is 13.4. The number of hydrogen-bond acceptors (Lipinski definition) is 3. The number of carbonyl (C=O) groups is 2. The molecule has 1 aromatic rings. The number of amides is 1. The number of likely N-dealkylation sites (tertiary alicyclic amines) is 1. The predicted octanol–water partition coefficient (Wildman–Crippen LogP) is 0.781. The Kier molecular flexibility index (Phi) is 2.89. The Morgan fingerprint density at radius 3 is 2.68 bits per heavy atom. The summed E-state index contributed by atoms with van der Waals surface area (Å²) in [6, 6.07) is 7.71. The predicted molar refractivity (Wildman–Crippen MR) is 66.8 cm³/mol. The number of aliphatic carboxylic acids is 1. The van der Waals surface area contributed by atoms with Crippen molar-refractivity contribution in [1.29, 1.82) is 0 Å². The van der Waals surface area contributed by atoms with E-state index in [-0.39, 0.29) is 11.8 Å². The fourth-order valence-corrected chi connectivity index (χ4v) is 2.56. The Morgan fingerprint density at radius 1 is 1.21 bits per heavy atom. The molecule has 5 heteroatoms. The van der Waals surface area contributed by atoms with Crippen LogP contribution in [-0.4, -0.2) is 41.6 Å². The van der Waals surface area contributed by atoms with Crippen LogP contribution in [0.4, 0.5) is 0 Å². The monoisotopic (exact) mass is 261 g/mol. The Labute approximate surface area is 110 Å². The van der Waals surface area contributed by atoms with Crippen molar-refractivity contribution in [3.8, 4) is 5.75 Å². The van der Waals surface area contributed by atoms with Crippen LogP contribution in [-0.2, 0) is 16.0 Å². The largest absolute Gasteiger partial charge is 0.492 e. The average molecular weight is 261 g/mol. The fourth-order valence-electron chi connectivity index (χ4n) is 2.56. The van der Waals surface area contributed by atoms with E-state index in [1.54, 1.807) is 4.90 Å². The molecule has 2 aliphatic heterocycles. The summed E-state index contributed by atoms with van der Waals surface area (Å²) in [5.41, 5.74) is 1.04. The maximum Gasteiger partial charge on any atom is 0.310 e. The molecule has 0 radical (unpaired) electrons. The molecule has 2 aliphatic rings. The van der Waals surface area contributed by atoms with E-state index in [0.717, 1.165) is 11.3 Å². The molecule has 0 aromatic heterocycles. The lowest BCUT2D eigenvalue weighted by atomic mass is 9.92. The molecule has 1 unspecified atom stereocenters. The quantitative estimate of drug-likeness (QED) is 0.854. The Hall–Kier alpha value is -2.04. The van der Waals surface area contributed by atoms with Gasteiger partial charge in [-0.15, -0.1) is 0 Å². The van der Waals surface area contributed by atoms with E-state index in [2.05, 4.69) is 0 Å². The minimum Gasteiger partial charge on any atom is -0.492 e. The van der Waals surface area contributed by atoms with Gasteiger partial charge in [0.25, 0.3) is 0 Å². The second-order valence-corrected chi connectivity index (χ2v) is 5.10. The molecule has 0 aliphatic carbocycles. The summed E-state index contributed by atoms with van der Waals surface area (Å²) >= 11 is 0. The van der Waals surface area contributed by atoms with Crippen LogP contribution in [0.15, 0.2) is 24.3 Å². The van der Waals surface area contributed by atoms with Crippen LogP contribution in [0, 0.1) is 11.8 Å². The highest BCUT2D eigenvalue weighted by molar-refractivity contribution is 5.83. The van der Waals surface area contributed by atoms with Gasteiger partial charge in [-0.05, 0) is 18.1 Å². The zero-order valence-corrected chi connectivity index (χ0v) is 10.4. The molecule has 0 bridgehead atoms. The summed E-state index contributed by atoms with van der Waals surface area (Å²) in [7, 11) is 0. The smallest absolute Gasteiger partial charge is 0.310 e. The number of para-hydroxylation sites is 1. The minimum atomic E-state index is -0.825. The van der Waals surface area contributed by atoms with Crippen molar-refractivity contribution in [2.75, 3.05) is 19.7 Å².